The molecule has 19 heavy (non-hydrogen) atoms. The standard InChI is InChI=1S/C15H12O4/c16-9-14-11(7-13(18)8-15(14)19)4-1-10-2-5-12(17)6-3-10/h1-9,17-19H/b4-1+. The smallest absolute Gasteiger partial charge is 0.154 e. The van der Waals surface area contributed by atoms with Gasteiger partial charge >= 0.3 is 0 Å². The van der Waals surface area contributed by atoms with Gasteiger partial charge in [0.15, 0.2) is 6.29 Å². The van der Waals surface area contributed by atoms with Crippen LogP contribution in [-0.4, -0.2) is 21.6 Å². The molecule has 0 unspecified atom stereocenters. The lowest BCUT2D eigenvalue weighted by Crippen LogP contribution is -1.87. The van der Waals surface area contributed by atoms with E-state index in [1.54, 1.807) is 36.4 Å². The molecule has 2 rings (SSSR count). The van der Waals surface area contributed by atoms with Gasteiger partial charge in [-0.15, -0.1) is 0 Å². The molecule has 96 valence electrons. The lowest BCUT2D eigenvalue weighted by Gasteiger charge is -2.03. The SMILES string of the molecule is O=Cc1c(O)cc(O)cc1/C=C/c1ccc(O)cc1. The summed E-state index contributed by atoms with van der Waals surface area (Å²) < 4.78 is 0. The van der Waals surface area contributed by atoms with Crippen LogP contribution in [0.5, 0.6) is 17.2 Å². The second-order valence-electron chi connectivity index (χ2n) is 4.01. The molecule has 4 nitrogen and oxygen atoms in total. The first-order valence-electron chi connectivity index (χ1n) is 5.58. The summed E-state index contributed by atoms with van der Waals surface area (Å²) in [5, 5.41) is 28.1. The molecule has 0 aromatic heterocycles. The molecule has 0 heterocycles. The summed E-state index contributed by atoms with van der Waals surface area (Å²) in [6, 6.07) is 8.99. The quantitative estimate of drug-likeness (QED) is 0.583. The average molecular weight is 256 g/mol. The maximum Gasteiger partial charge on any atom is 0.154 e. The summed E-state index contributed by atoms with van der Waals surface area (Å²) in [4.78, 5) is 10.9. The summed E-state index contributed by atoms with van der Waals surface area (Å²) in [6.45, 7) is 0. The zero-order chi connectivity index (χ0) is 13.8. The van der Waals surface area contributed by atoms with Gasteiger partial charge in [-0.3, -0.25) is 4.79 Å². The third kappa shape index (κ3) is 2.93. The van der Waals surface area contributed by atoms with Gasteiger partial charge in [-0.05, 0) is 29.3 Å². The minimum absolute atomic E-state index is 0.117. The normalized spacial score (nSPS) is 10.7. The van der Waals surface area contributed by atoms with Crippen LogP contribution in [0.1, 0.15) is 21.5 Å². The fraction of sp³-hybridized carbons (Fsp3) is 0. The zero-order valence-electron chi connectivity index (χ0n) is 9.95. The highest BCUT2D eigenvalue weighted by Gasteiger charge is 2.07. The Balaban J connectivity index is 2.37. The van der Waals surface area contributed by atoms with E-state index >= 15 is 0 Å². The molecule has 0 atom stereocenters. The van der Waals surface area contributed by atoms with Gasteiger partial charge in [0.1, 0.15) is 17.2 Å². The monoisotopic (exact) mass is 256 g/mol. The third-order valence-corrected chi connectivity index (χ3v) is 2.64. The minimum atomic E-state index is -0.264. The molecule has 0 radical (unpaired) electrons. The topological polar surface area (TPSA) is 77.8 Å². The van der Waals surface area contributed by atoms with E-state index in [0.717, 1.165) is 11.6 Å². The van der Waals surface area contributed by atoms with E-state index in [2.05, 4.69) is 0 Å². The van der Waals surface area contributed by atoms with Crippen LogP contribution in [0, 0.1) is 0 Å². The van der Waals surface area contributed by atoms with Crippen LogP contribution in [0.25, 0.3) is 12.2 Å². The Morgan fingerprint density at radius 3 is 2.16 bits per heavy atom. The van der Waals surface area contributed by atoms with Crippen LogP contribution in [0.2, 0.25) is 0 Å². The molecule has 2 aromatic rings. The van der Waals surface area contributed by atoms with Crippen molar-refractivity contribution in [1.82, 2.24) is 0 Å². The maximum atomic E-state index is 10.9. The molecular weight excluding hydrogens is 244 g/mol. The van der Waals surface area contributed by atoms with Crippen molar-refractivity contribution in [2.75, 3.05) is 0 Å². The Kier molecular flexibility index (Phi) is 3.52. The van der Waals surface area contributed by atoms with Crippen molar-refractivity contribution in [3.63, 3.8) is 0 Å². The summed E-state index contributed by atoms with van der Waals surface area (Å²) >= 11 is 0. The van der Waals surface area contributed by atoms with Crippen molar-refractivity contribution in [2.45, 2.75) is 0 Å². The van der Waals surface area contributed by atoms with Crippen molar-refractivity contribution < 1.29 is 20.1 Å². The predicted molar refractivity (Wildman–Crippen MR) is 72.2 cm³/mol. The van der Waals surface area contributed by atoms with Gasteiger partial charge in [0, 0.05) is 6.07 Å². The van der Waals surface area contributed by atoms with Crippen molar-refractivity contribution in [3.8, 4) is 17.2 Å². The van der Waals surface area contributed by atoms with Gasteiger partial charge in [0.05, 0.1) is 5.56 Å². The van der Waals surface area contributed by atoms with Crippen molar-refractivity contribution in [2.24, 2.45) is 0 Å². The Labute approximate surface area is 109 Å². The van der Waals surface area contributed by atoms with Gasteiger partial charge in [0.25, 0.3) is 0 Å². The van der Waals surface area contributed by atoms with E-state index in [1.807, 2.05) is 0 Å². The summed E-state index contributed by atoms with van der Waals surface area (Å²) in [7, 11) is 0. The molecule has 0 bridgehead atoms. The molecule has 4 heteroatoms. The fourth-order valence-corrected chi connectivity index (χ4v) is 1.68. The molecule has 2 aromatic carbocycles. The first-order chi connectivity index (χ1) is 9.10. The van der Waals surface area contributed by atoms with E-state index in [1.165, 1.54) is 6.07 Å². The van der Waals surface area contributed by atoms with Crippen LogP contribution in [0.3, 0.4) is 0 Å². The second-order valence-corrected chi connectivity index (χ2v) is 4.01. The molecule has 0 amide bonds. The highest BCUT2D eigenvalue weighted by atomic mass is 16.3. The number of phenolic OH excluding ortho intramolecular Hbond substituents is 3. The molecule has 0 aliphatic heterocycles. The molecule has 0 aliphatic carbocycles. The lowest BCUT2D eigenvalue weighted by molar-refractivity contribution is 0.112. The Morgan fingerprint density at radius 1 is 0.842 bits per heavy atom. The number of carbonyl (C=O) groups excluding carboxylic acids is 1. The number of phenols is 3. The zero-order valence-corrected chi connectivity index (χ0v) is 9.95. The van der Waals surface area contributed by atoms with Crippen LogP contribution in [0.15, 0.2) is 36.4 Å². The molecule has 3 N–H and O–H groups in total. The Hall–Kier alpha value is -2.75. The average Bonchev–Trinajstić information content (AvgIpc) is 2.37. The minimum Gasteiger partial charge on any atom is -0.508 e. The Morgan fingerprint density at radius 2 is 1.53 bits per heavy atom. The highest BCUT2D eigenvalue weighted by molar-refractivity contribution is 5.88. The maximum absolute atomic E-state index is 10.9. The summed E-state index contributed by atoms with van der Waals surface area (Å²) in [5.74, 6) is -0.213. The third-order valence-electron chi connectivity index (χ3n) is 2.64. The van der Waals surface area contributed by atoms with Gasteiger partial charge in [0.2, 0.25) is 0 Å². The molecule has 0 saturated heterocycles. The molecule has 0 fully saturated rings. The number of aldehydes is 1. The van der Waals surface area contributed by atoms with E-state index in [-0.39, 0.29) is 22.8 Å². The molecular formula is C15H12O4. The van der Waals surface area contributed by atoms with Crippen LogP contribution >= 0.6 is 0 Å². The van der Waals surface area contributed by atoms with Crippen LogP contribution < -0.4 is 0 Å². The number of rotatable bonds is 3. The van der Waals surface area contributed by atoms with Crippen molar-refractivity contribution in [3.05, 3.63) is 53.1 Å². The number of hydrogen-bond donors (Lipinski definition) is 3. The van der Waals surface area contributed by atoms with Gasteiger partial charge < -0.3 is 15.3 Å². The van der Waals surface area contributed by atoms with E-state index in [0.29, 0.717) is 11.8 Å². The van der Waals surface area contributed by atoms with Crippen molar-refractivity contribution >= 4 is 18.4 Å². The number of hydrogen-bond acceptors (Lipinski definition) is 4. The lowest BCUT2D eigenvalue weighted by atomic mass is 10.0. The van der Waals surface area contributed by atoms with Crippen LogP contribution in [-0.2, 0) is 0 Å². The van der Waals surface area contributed by atoms with Crippen molar-refractivity contribution in [1.29, 1.82) is 0 Å². The van der Waals surface area contributed by atoms with Gasteiger partial charge in [-0.25, -0.2) is 0 Å². The summed E-state index contributed by atoms with van der Waals surface area (Å²) in [6.07, 6.45) is 3.85. The molecule has 0 aliphatic rings. The second kappa shape index (κ2) is 5.27. The number of aromatic hydroxyl groups is 3. The fourth-order valence-electron chi connectivity index (χ4n) is 1.68. The van der Waals surface area contributed by atoms with Crippen LogP contribution in [0.4, 0.5) is 0 Å². The number of carbonyl (C=O) groups is 1. The first-order valence-corrected chi connectivity index (χ1v) is 5.58. The largest absolute Gasteiger partial charge is 0.508 e. The molecule has 0 spiro atoms. The first kappa shape index (κ1) is 12.7. The Bertz CT molecular complexity index is 627. The van der Waals surface area contributed by atoms with E-state index in [9.17, 15) is 15.0 Å². The number of benzene rings is 2. The van der Waals surface area contributed by atoms with Gasteiger partial charge in [-0.1, -0.05) is 24.3 Å². The molecule has 0 saturated carbocycles. The summed E-state index contributed by atoms with van der Waals surface area (Å²) in [5.41, 5.74) is 1.35. The van der Waals surface area contributed by atoms with E-state index in [4.69, 9.17) is 5.11 Å². The highest BCUT2D eigenvalue weighted by Crippen LogP contribution is 2.27. The predicted octanol–water partition coefficient (Wildman–Crippen LogP) is 2.79. The van der Waals surface area contributed by atoms with E-state index < -0.39 is 0 Å². The van der Waals surface area contributed by atoms with Gasteiger partial charge in [-0.2, -0.15) is 0 Å².